The lowest BCUT2D eigenvalue weighted by molar-refractivity contribution is -0.105. The van der Waals surface area contributed by atoms with Gasteiger partial charge in [0.1, 0.15) is 17.2 Å². The summed E-state index contributed by atoms with van der Waals surface area (Å²) in [5, 5.41) is 0. The molecule has 27 heavy (non-hydrogen) atoms. The van der Waals surface area contributed by atoms with Gasteiger partial charge in [0.2, 0.25) is 17.7 Å². The Balaban J connectivity index is 1.40. The van der Waals surface area contributed by atoms with Crippen molar-refractivity contribution in [2.24, 2.45) is 0 Å². The molecule has 3 aliphatic rings. The highest BCUT2D eigenvalue weighted by Gasteiger charge is 2.69. The van der Waals surface area contributed by atoms with Crippen molar-refractivity contribution in [3.63, 3.8) is 0 Å². The highest BCUT2D eigenvalue weighted by molar-refractivity contribution is 6.08. The Morgan fingerprint density at radius 2 is 1.89 bits per heavy atom. The zero-order valence-electron chi connectivity index (χ0n) is 15.0. The Kier molecular flexibility index (Phi) is 3.84. The van der Waals surface area contributed by atoms with Crippen LogP contribution in [0.1, 0.15) is 35.2 Å². The van der Waals surface area contributed by atoms with E-state index in [0.29, 0.717) is 23.7 Å². The zero-order chi connectivity index (χ0) is 18.4. The minimum absolute atomic E-state index is 0.0978. The van der Waals surface area contributed by atoms with Gasteiger partial charge in [-0.1, -0.05) is 12.1 Å². The first-order valence-electron chi connectivity index (χ1n) is 9.17. The molecule has 0 aromatic heterocycles. The lowest BCUT2D eigenvalue weighted by Gasteiger charge is -2.25. The molecule has 3 aliphatic heterocycles. The maximum absolute atomic E-state index is 13.1. The first-order chi connectivity index (χ1) is 13.2. The van der Waals surface area contributed by atoms with E-state index in [4.69, 9.17) is 23.7 Å². The Morgan fingerprint density at radius 1 is 1.07 bits per heavy atom. The third-order valence-corrected chi connectivity index (χ3v) is 5.26. The quantitative estimate of drug-likeness (QED) is 0.771. The Labute approximate surface area is 156 Å². The summed E-state index contributed by atoms with van der Waals surface area (Å²) in [6.45, 7) is 0.713. The molecule has 6 nitrogen and oxygen atoms in total. The molecular weight excluding hydrogens is 348 g/mol. The zero-order valence-corrected chi connectivity index (χ0v) is 15.0. The smallest absolute Gasteiger partial charge is 0.242 e. The van der Waals surface area contributed by atoms with Crippen LogP contribution < -0.4 is 14.2 Å². The lowest BCUT2D eigenvalue weighted by atomic mass is 9.88. The van der Waals surface area contributed by atoms with Crippen molar-refractivity contribution in [1.82, 2.24) is 0 Å². The van der Waals surface area contributed by atoms with Crippen molar-refractivity contribution in [2.75, 3.05) is 13.7 Å². The van der Waals surface area contributed by atoms with Crippen LogP contribution in [0, 0.1) is 0 Å². The SMILES string of the molecule is COc1ccc([C@@]23O[C@H]2Oc2cc(O[C@@H]4CCCCO4)ccc2C3=O)cc1. The fourth-order valence-electron chi connectivity index (χ4n) is 3.71. The van der Waals surface area contributed by atoms with Gasteiger partial charge in [0.25, 0.3) is 0 Å². The molecular formula is C21H20O6. The second-order valence-electron chi connectivity index (χ2n) is 6.93. The molecule has 0 unspecified atom stereocenters. The molecule has 3 heterocycles. The molecule has 2 aromatic carbocycles. The van der Waals surface area contributed by atoms with E-state index in [0.717, 1.165) is 30.6 Å². The van der Waals surface area contributed by atoms with Gasteiger partial charge >= 0.3 is 0 Å². The van der Waals surface area contributed by atoms with Crippen LogP contribution in [0.15, 0.2) is 42.5 Å². The Hall–Kier alpha value is -2.57. The molecule has 0 spiro atoms. The van der Waals surface area contributed by atoms with Crippen molar-refractivity contribution in [2.45, 2.75) is 37.4 Å². The summed E-state index contributed by atoms with van der Waals surface area (Å²) in [6, 6.07) is 12.6. The van der Waals surface area contributed by atoms with Gasteiger partial charge < -0.3 is 23.7 Å². The van der Waals surface area contributed by atoms with Crippen molar-refractivity contribution in [3.05, 3.63) is 53.6 Å². The van der Waals surface area contributed by atoms with Gasteiger partial charge in [0.05, 0.1) is 19.3 Å². The molecule has 0 N–H and O–H groups in total. The van der Waals surface area contributed by atoms with Crippen LogP contribution in [0.25, 0.3) is 0 Å². The van der Waals surface area contributed by atoms with E-state index in [2.05, 4.69) is 0 Å². The van der Waals surface area contributed by atoms with Gasteiger partial charge in [-0.15, -0.1) is 0 Å². The Morgan fingerprint density at radius 3 is 2.63 bits per heavy atom. The maximum Gasteiger partial charge on any atom is 0.242 e. The van der Waals surface area contributed by atoms with E-state index in [1.165, 1.54) is 0 Å². The normalized spacial score (nSPS) is 28.6. The molecule has 140 valence electrons. The number of hydrogen-bond donors (Lipinski definition) is 0. The number of hydrogen-bond acceptors (Lipinski definition) is 6. The summed E-state index contributed by atoms with van der Waals surface area (Å²) in [6.07, 6.45) is 2.15. The van der Waals surface area contributed by atoms with Crippen LogP contribution in [0.2, 0.25) is 0 Å². The van der Waals surface area contributed by atoms with Crippen LogP contribution in [-0.2, 0) is 15.1 Å². The van der Waals surface area contributed by atoms with Gasteiger partial charge in [-0.2, -0.15) is 0 Å². The molecule has 0 saturated carbocycles. The third kappa shape index (κ3) is 2.67. The van der Waals surface area contributed by atoms with E-state index < -0.39 is 11.9 Å². The predicted octanol–water partition coefficient (Wildman–Crippen LogP) is 3.43. The van der Waals surface area contributed by atoms with E-state index in [-0.39, 0.29) is 12.1 Å². The van der Waals surface area contributed by atoms with Crippen molar-refractivity contribution >= 4 is 5.78 Å². The average molecular weight is 368 g/mol. The summed E-state index contributed by atoms with van der Waals surface area (Å²) in [4.78, 5) is 13.1. The van der Waals surface area contributed by atoms with Crippen LogP contribution in [0.3, 0.4) is 0 Å². The largest absolute Gasteiger partial charge is 0.497 e. The molecule has 0 aliphatic carbocycles. The van der Waals surface area contributed by atoms with Crippen LogP contribution in [-0.4, -0.2) is 32.1 Å². The molecule has 0 radical (unpaired) electrons. The van der Waals surface area contributed by atoms with Crippen molar-refractivity contribution < 1.29 is 28.5 Å². The number of carbonyl (C=O) groups is 1. The molecule has 2 aromatic rings. The summed E-state index contributed by atoms with van der Waals surface area (Å²) < 4.78 is 28.3. The number of epoxide rings is 1. The fraction of sp³-hybridized carbons (Fsp3) is 0.381. The van der Waals surface area contributed by atoms with E-state index in [1.54, 1.807) is 25.3 Å². The third-order valence-electron chi connectivity index (χ3n) is 5.26. The number of rotatable bonds is 4. The van der Waals surface area contributed by atoms with Gasteiger partial charge in [0.15, 0.2) is 6.29 Å². The number of Topliss-reactive ketones (excluding diaryl/α,β-unsaturated/α-hetero) is 1. The number of benzene rings is 2. The number of fused-ring (bicyclic) bond motifs is 2. The molecule has 3 atom stereocenters. The van der Waals surface area contributed by atoms with Gasteiger partial charge in [0, 0.05) is 12.5 Å². The van der Waals surface area contributed by atoms with E-state index in [1.807, 2.05) is 24.3 Å². The fourth-order valence-corrected chi connectivity index (χ4v) is 3.71. The highest BCUT2D eigenvalue weighted by atomic mass is 16.8. The maximum atomic E-state index is 13.1. The average Bonchev–Trinajstić information content (AvgIpc) is 3.44. The Bertz CT molecular complexity index is 871. The number of ether oxygens (including phenoxy) is 5. The van der Waals surface area contributed by atoms with E-state index >= 15 is 0 Å². The molecule has 2 fully saturated rings. The van der Waals surface area contributed by atoms with E-state index in [9.17, 15) is 4.79 Å². The minimum Gasteiger partial charge on any atom is -0.497 e. The summed E-state index contributed by atoms with van der Waals surface area (Å²) in [7, 11) is 1.60. The predicted molar refractivity (Wildman–Crippen MR) is 95.2 cm³/mol. The van der Waals surface area contributed by atoms with Gasteiger partial charge in [-0.3, -0.25) is 4.79 Å². The van der Waals surface area contributed by atoms with Crippen LogP contribution in [0.5, 0.6) is 17.2 Å². The number of ketones is 1. The molecule has 0 amide bonds. The summed E-state index contributed by atoms with van der Waals surface area (Å²) >= 11 is 0. The molecule has 2 saturated heterocycles. The van der Waals surface area contributed by atoms with Crippen LogP contribution >= 0.6 is 0 Å². The minimum atomic E-state index is -1.06. The standard InChI is InChI=1S/C21H20O6/c1-23-14-7-5-13(6-8-14)21-19(22)16-10-9-15(12-17(16)26-20(21)27-21)25-18-4-2-3-11-24-18/h5-10,12,18,20H,2-4,11H2,1H3/t18-,20-,21+/m1/s1. The van der Waals surface area contributed by atoms with Crippen molar-refractivity contribution in [1.29, 1.82) is 0 Å². The molecule has 6 heteroatoms. The molecule has 5 rings (SSSR count). The first-order valence-corrected chi connectivity index (χ1v) is 9.17. The highest BCUT2D eigenvalue weighted by Crippen LogP contribution is 2.54. The second kappa shape index (κ2) is 6.25. The number of carbonyl (C=O) groups excluding carboxylic acids is 1. The molecule has 0 bridgehead atoms. The van der Waals surface area contributed by atoms with Crippen LogP contribution in [0.4, 0.5) is 0 Å². The van der Waals surface area contributed by atoms with Gasteiger partial charge in [-0.25, -0.2) is 0 Å². The lowest BCUT2D eigenvalue weighted by Crippen LogP contribution is -2.32. The summed E-state index contributed by atoms with van der Waals surface area (Å²) in [5.41, 5.74) is 0.199. The monoisotopic (exact) mass is 368 g/mol. The summed E-state index contributed by atoms with van der Waals surface area (Å²) in [5.74, 6) is 1.74. The number of methoxy groups -OCH3 is 1. The second-order valence-corrected chi connectivity index (χ2v) is 6.93. The topological polar surface area (TPSA) is 66.5 Å². The van der Waals surface area contributed by atoms with Gasteiger partial charge in [-0.05, 0) is 42.7 Å². The first kappa shape index (κ1) is 16.6. The van der Waals surface area contributed by atoms with Crippen molar-refractivity contribution in [3.8, 4) is 17.2 Å².